The Bertz CT molecular complexity index is 1510. The third-order valence-electron chi connectivity index (χ3n) is 6.95. The van der Waals surface area contributed by atoms with Crippen molar-refractivity contribution in [1.29, 1.82) is 0 Å². The smallest absolute Gasteiger partial charge is 0.524 e. The van der Waals surface area contributed by atoms with Crippen LogP contribution in [0.15, 0.2) is 85.3 Å². The third-order valence-corrected chi connectivity index (χ3v) is 6.95. The lowest BCUT2D eigenvalue weighted by Crippen LogP contribution is -2.45. The Labute approximate surface area is 233 Å². The van der Waals surface area contributed by atoms with Crippen LogP contribution in [0.1, 0.15) is 53.1 Å². The van der Waals surface area contributed by atoms with E-state index in [1.165, 1.54) is 18.6 Å². The third kappa shape index (κ3) is 6.20. The monoisotopic (exact) mass is 535 g/mol. The second-order valence-corrected chi connectivity index (χ2v) is 10.4. The molecule has 5 rings (SSSR count). The van der Waals surface area contributed by atoms with Crippen molar-refractivity contribution < 1.29 is 23.7 Å². The van der Waals surface area contributed by atoms with Gasteiger partial charge in [-0.3, -0.25) is 14.6 Å². The first-order valence-corrected chi connectivity index (χ1v) is 13.4. The zero-order valence-corrected chi connectivity index (χ0v) is 22.4. The molecule has 0 saturated carbocycles. The van der Waals surface area contributed by atoms with Crippen LogP contribution in [0, 0.1) is 5.92 Å². The minimum absolute atomic E-state index is 0.0501. The van der Waals surface area contributed by atoms with E-state index in [-0.39, 0.29) is 23.8 Å². The molecular formula is C31H30BN3O5. The first kappa shape index (κ1) is 27.1. The fourth-order valence-corrected chi connectivity index (χ4v) is 5.07. The van der Waals surface area contributed by atoms with Crippen LogP contribution in [-0.2, 0) is 15.9 Å². The van der Waals surface area contributed by atoms with Crippen molar-refractivity contribution in [2.24, 2.45) is 5.92 Å². The number of aromatic nitrogens is 2. The SMILES string of the molecule is CC(C)C[C@H](CC(=O)[C@H](Cc1ccccc1)NC(=O)c1cnccn1)B1OC(=O)c2ccc3ccccc3c2O1. The molecule has 1 aliphatic heterocycles. The van der Waals surface area contributed by atoms with E-state index < -0.39 is 30.9 Å². The summed E-state index contributed by atoms with van der Waals surface area (Å²) in [6.45, 7) is 4.09. The van der Waals surface area contributed by atoms with Crippen LogP contribution in [0.4, 0.5) is 0 Å². The summed E-state index contributed by atoms with van der Waals surface area (Å²) in [7, 11) is -0.940. The molecule has 1 N–H and O–H groups in total. The molecule has 1 aromatic heterocycles. The number of amides is 1. The Morgan fingerprint density at radius 3 is 2.48 bits per heavy atom. The van der Waals surface area contributed by atoms with E-state index in [0.29, 0.717) is 24.2 Å². The predicted octanol–water partition coefficient (Wildman–Crippen LogP) is 5.08. The van der Waals surface area contributed by atoms with Gasteiger partial charge in [-0.2, -0.15) is 0 Å². The molecule has 0 unspecified atom stereocenters. The number of hydrogen-bond acceptors (Lipinski definition) is 7. The van der Waals surface area contributed by atoms with Crippen molar-refractivity contribution in [2.45, 2.75) is 45.0 Å². The van der Waals surface area contributed by atoms with Crippen molar-refractivity contribution in [3.63, 3.8) is 0 Å². The number of fused-ring (bicyclic) bond motifs is 3. The molecule has 0 aliphatic carbocycles. The maximum Gasteiger partial charge on any atom is 0.600 e. The number of carbonyl (C=O) groups excluding carboxylic acids is 3. The highest BCUT2D eigenvalue weighted by atomic mass is 16.6. The normalized spacial score (nSPS) is 14.2. The number of ketones is 1. The summed E-state index contributed by atoms with van der Waals surface area (Å²) in [5.74, 6) is -0.892. The number of carbonyl (C=O) groups is 3. The van der Waals surface area contributed by atoms with E-state index in [9.17, 15) is 14.4 Å². The maximum absolute atomic E-state index is 13.8. The summed E-state index contributed by atoms with van der Waals surface area (Å²) in [5.41, 5.74) is 1.39. The van der Waals surface area contributed by atoms with Gasteiger partial charge in [0.2, 0.25) is 0 Å². The highest BCUT2D eigenvalue weighted by Crippen LogP contribution is 2.38. The van der Waals surface area contributed by atoms with Gasteiger partial charge in [-0.05, 0) is 35.8 Å². The van der Waals surface area contributed by atoms with Gasteiger partial charge in [0.25, 0.3) is 5.91 Å². The molecule has 40 heavy (non-hydrogen) atoms. The van der Waals surface area contributed by atoms with Gasteiger partial charge >= 0.3 is 13.1 Å². The highest BCUT2D eigenvalue weighted by molar-refractivity contribution is 6.52. The molecule has 0 spiro atoms. The predicted molar refractivity (Wildman–Crippen MR) is 152 cm³/mol. The Hall–Kier alpha value is -4.53. The second kappa shape index (κ2) is 12.1. The van der Waals surface area contributed by atoms with Crippen molar-refractivity contribution in [1.82, 2.24) is 15.3 Å². The van der Waals surface area contributed by atoms with Crippen molar-refractivity contribution >= 4 is 35.6 Å². The van der Waals surface area contributed by atoms with Crippen LogP contribution in [0.3, 0.4) is 0 Å². The van der Waals surface area contributed by atoms with Crippen LogP contribution in [0.25, 0.3) is 10.8 Å². The lowest BCUT2D eigenvalue weighted by molar-refractivity contribution is -0.121. The largest absolute Gasteiger partial charge is 0.600 e. The van der Waals surface area contributed by atoms with Gasteiger partial charge in [0.15, 0.2) is 5.78 Å². The first-order valence-electron chi connectivity index (χ1n) is 13.4. The van der Waals surface area contributed by atoms with Crippen LogP contribution >= 0.6 is 0 Å². The van der Waals surface area contributed by atoms with Crippen molar-refractivity contribution in [2.75, 3.05) is 0 Å². The molecule has 0 bridgehead atoms. The zero-order valence-electron chi connectivity index (χ0n) is 22.4. The summed E-state index contributed by atoms with van der Waals surface area (Å²) in [6, 6.07) is 19.9. The Balaban J connectivity index is 1.41. The highest BCUT2D eigenvalue weighted by Gasteiger charge is 2.43. The number of hydrogen-bond donors (Lipinski definition) is 1. The fourth-order valence-electron chi connectivity index (χ4n) is 5.07. The number of rotatable bonds is 10. The van der Waals surface area contributed by atoms with Crippen LogP contribution in [0.5, 0.6) is 5.75 Å². The van der Waals surface area contributed by atoms with E-state index in [1.54, 1.807) is 6.07 Å². The number of nitrogens with one attached hydrogen (secondary N) is 1. The molecule has 0 radical (unpaired) electrons. The molecule has 0 saturated heterocycles. The van der Waals surface area contributed by atoms with Crippen LogP contribution < -0.4 is 9.97 Å². The van der Waals surface area contributed by atoms with Crippen LogP contribution in [-0.4, -0.2) is 40.8 Å². The Morgan fingerprint density at radius 2 is 1.73 bits per heavy atom. The Morgan fingerprint density at radius 1 is 0.950 bits per heavy atom. The fraction of sp³-hybridized carbons (Fsp3) is 0.258. The summed E-state index contributed by atoms with van der Waals surface area (Å²) >= 11 is 0. The molecule has 3 aromatic carbocycles. The maximum atomic E-state index is 13.8. The lowest BCUT2D eigenvalue weighted by atomic mass is 9.64. The molecule has 2 atom stereocenters. The van der Waals surface area contributed by atoms with Gasteiger partial charge in [0, 0.05) is 30.0 Å². The first-order chi connectivity index (χ1) is 19.4. The van der Waals surface area contributed by atoms with Crippen molar-refractivity contribution in [3.05, 3.63) is 102 Å². The standard InChI is InChI=1S/C31H30BN3O5/c1-20(2)16-23(32-39-29-24-11-7-6-10-22(24)12-13-25(29)31(38)40-32)18-28(36)26(17-21-8-4-3-5-9-21)35-30(37)27-19-33-14-15-34-27/h3-15,19-20,23,26H,16-18H2,1-2H3,(H,35,37)/t23-,26+/m1/s1. The Kier molecular flexibility index (Phi) is 8.19. The molecule has 1 aliphatic rings. The molecule has 8 nitrogen and oxygen atoms in total. The number of Topliss-reactive ketones (excluding diaryl/α,β-unsaturated/α-hetero) is 1. The quantitative estimate of drug-likeness (QED) is 0.282. The van der Waals surface area contributed by atoms with E-state index in [0.717, 1.165) is 16.3 Å². The van der Waals surface area contributed by atoms with Crippen LogP contribution in [0.2, 0.25) is 5.82 Å². The average molecular weight is 535 g/mol. The van der Waals surface area contributed by atoms with Gasteiger partial charge in [-0.15, -0.1) is 0 Å². The molecule has 2 heterocycles. The average Bonchev–Trinajstić information content (AvgIpc) is 2.97. The van der Waals surface area contributed by atoms with E-state index in [2.05, 4.69) is 15.3 Å². The molecule has 9 heteroatoms. The van der Waals surface area contributed by atoms with E-state index in [4.69, 9.17) is 9.31 Å². The molecular weight excluding hydrogens is 505 g/mol. The summed E-state index contributed by atoms with van der Waals surface area (Å²) in [5, 5.41) is 4.61. The number of benzene rings is 3. The second-order valence-electron chi connectivity index (χ2n) is 10.4. The minimum Gasteiger partial charge on any atom is -0.524 e. The van der Waals surface area contributed by atoms with Gasteiger partial charge in [0.05, 0.1) is 17.8 Å². The van der Waals surface area contributed by atoms with E-state index >= 15 is 0 Å². The number of nitrogens with zero attached hydrogens (tertiary/aromatic N) is 2. The summed E-state index contributed by atoms with van der Waals surface area (Å²) < 4.78 is 12.1. The van der Waals surface area contributed by atoms with Gasteiger partial charge in [-0.1, -0.05) is 74.5 Å². The van der Waals surface area contributed by atoms with E-state index in [1.807, 2.05) is 74.5 Å². The molecule has 1 amide bonds. The lowest BCUT2D eigenvalue weighted by Gasteiger charge is -2.30. The van der Waals surface area contributed by atoms with Crippen molar-refractivity contribution in [3.8, 4) is 5.75 Å². The summed E-state index contributed by atoms with van der Waals surface area (Å²) in [4.78, 5) is 47.9. The van der Waals surface area contributed by atoms with Gasteiger partial charge in [-0.25, -0.2) is 9.78 Å². The minimum atomic E-state index is -0.940. The summed E-state index contributed by atoms with van der Waals surface area (Å²) in [6.07, 6.45) is 5.20. The van der Waals surface area contributed by atoms with Gasteiger partial charge in [0.1, 0.15) is 11.4 Å². The molecule has 4 aromatic rings. The molecule has 0 fully saturated rings. The van der Waals surface area contributed by atoms with Gasteiger partial charge < -0.3 is 14.6 Å². The zero-order chi connectivity index (χ0) is 28.1. The molecule has 202 valence electrons. The topological polar surface area (TPSA) is 107 Å².